The van der Waals surface area contributed by atoms with Crippen molar-refractivity contribution in [3.05, 3.63) is 57.3 Å². The number of carbonyl (C=O) groups excluding carboxylic acids is 1. The number of amides is 2. The summed E-state index contributed by atoms with van der Waals surface area (Å²) < 4.78 is 21.2. The fourth-order valence-electron chi connectivity index (χ4n) is 4.92. The molecule has 1 N–H and O–H groups in total. The standard InChI is InChI=1S/C23H24Cl2FN3O3/c1-27-6-7-29(23(27)31)14-2-3-18(25)21(10-14)32-22-17-8-13(24)9-19(26)16(17)11-20(22)28-5-4-15(30)12-28/h2-3,8-10,15,20,22,30H,4-7,11-12H2,1H3/t15-,20-,22+/m1/s1. The Kier molecular flexibility index (Phi) is 5.70. The molecular formula is C23H24Cl2FN3O3. The van der Waals surface area contributed by atoms with Gasteiger partial charge in [0, 0.05) is 55.6 Å². The molecule has 2 aromatic rings. The highest BCUT2D eigenvalue weighted by Crippen LogP contribution is 2.43. The Hall–Kier alpha value is -2.06. The summed E-state index contributed by atoms with van der Waals surface area (Å²) in [5.74, 6) is 0.0726. The molecule has 0 aromatic heterocycles. The second-order valence-electron chi connectivity index (χ2n) is 8.67. The highest BCUT2D eigenvalue weighted by atomic mass is 35.5. The van der Waals surface area contributed by atoms with Crippen molar-refractivity contribution < 1.29 is 19.0 Å². The van der Waals surface area contributed by atoms with Gasteiger partial charge in [0.2, 0.25) is 0 Å². The number of likely N-dealkylation sites (N-methyl/N-ethyl adjacent to an activating group) is 1. The lowest BCUT2D eigenvalue weighted by Crippen LogP contribution is -2.39. The van der Waals surface area contributed by atoms with E-state index in [1.54, 1.807) is 41.1 Å². The normalized spacial score (nSPS) is 25.7. The Morgan fingerprint density at radius 3 is 2.66 bits per heavy atom. The fraction of sp³-hybridized carbons (Fsp3) is 0.435. The van der Waals surface area contributed by atoms with Crippen molar-refractivity contribution in [2.75, 3.05) is 38.1 Å². The molecule has 0 saturated carbocycles. The summed E-state index contributed by atoms with van der Waals surface area (Å²) in [6, 6.07) is 8.08. The van der Waals surface area contributed by atoms with Crippen LogP contribution in [0.1, 0.15) is 23.7 Å². The number of hydrogen-bond donors (Lipinski definition) is 1. The summed E-state index contributed by atoms with van der Waals surface area (Å²) in [5.41, 5.74) is 1.97. The quantitative estimate of drug-likeness (QED) is 0.716. The number of urea groups is 1. The van der Waals surface area contributed by atoms with Crippen molar-refractivity contribution in [3.63, 3.8) is 0 Å². The third-order valence-corrected chi connectivity index (χ3v) is 7.16. The van der Waals surface area contributed by atoms with E-state index < -0.39 is 12.2 Å². The number of halogens is 3. The van der Waals surface area contributed by atoms with Crippen LogP contribution < -0.4 is 9.64 Å². The van der Waals surface area contributed by atoms with Crippen molar-refractivity contribution in [1.82, 2.24) is 9.80 Å². The molecule has 0 bridgehead atoms. The number of β-amino-alcohol motifs (C(OH)–C–C–N with tert-alkyl or cyclic N) is 1. The van der Waals surface area contributed by atoms with Crippen LogP contribution in [0.25, 0.3) is 0 Å². The van der Waals surface area contributed by atoms with Crippen LogP contribution in [0.15, 0.2) is 30.3 Å². The van der Waals surface area contributed by atoms with E-state index >= 15 is 0 Å². The van der Waals surface area contributed by atoms with E-state index in [0.29, 0.717) is 71.6 Å². The SMILES string of the molecule is CN1CCN(c2ccc(Cl)c(O[C@H]3c4cc(Cl)cc(F)c4C[C@H]3N3CC[C@@H](O)C3)c2)C1=O. The third kappa shape index (κ3) is 3.81. The lowest BCUT2D eigenvalue weighted by Gasteiger charge is -2.30. The average molecular weight is 480 g/mol. The molecule has 0 spiro atoms. The maximum absolute atomic E-state index is 14.7. The molecule has 3 aliphatic rings. The summed E-state index contributed by atoms with van der Waals surface area (Å²) in [5, 5.41) is 10.8. The largest absolute Gasteiger partial charge is 0.482 e. The topological polar surface area (TPSA) is 56.3 Å². The van der Waals surface area contributed by atoms with E-state index in [4.69, 9.17) is 27.9 Å². The van der Waals surface area contributed by atoms with Crippen LogP contribution in [0.3, 0.4) is 0 Å². The Balaban J connectivity index is 1.50. The average Bonchev–Trinajstić information content (AvgIpc) is 3.42. The maximum atomic E-state index is 14.7. The van der Waals surface area contributed by atoms with Gasteiger partial charge in [-0.2, -0.15) is 0 Å². The molecule has 32 heavy (non-hydrogen) atoms. The minimum atomic E-state index is -0.506. The van der Waals surface area contributed by atoms with E-state index in [9.17, 15) is 14.3 Å². The van der Waals surface area contributed by atoms with Gasteiger partial charge in [-0.25, -0.2) is 9.18 Å². The van der Waals surface area contributed by atoms with Crippen molar-refractivity contribution in [2.45, 2.75) is 31.1 Å². The predicted molar refractivity (Wildman–Crippen MR) is 121 cm³/mol. The van der Waals surface area contributed by atoms with Gasteiger partial charge in [0.15, 0.2) is 0 Å². The predicted octanol–water partition coefficient (Wildman–Crippen LogP) is 4.12. The zero-order valence-corrected chi connectivity index (χ0v) is 19.1. The summed E-state index contributed by atoms with van der Waals surface area (Å²) in [6.07, 6.45) is 0.220. The number of anilines is 1. The van der Waals surface area contributed by atoms with Crippen molar-refractivity contribution in [2.24, 2.45) is 0 Å². The van der Waals surface area contributed by atoms with Gasteiger partial charge >= 0.3 is 6.03 Å². The number of likely N-dealkylation sites (tertiary alicyclic amines) is 1. The molecule has 6 nitrogen and oxygen atoms in total. The van der Waals surface area contributed by atoms with E-state index in [1.165, 1.54) is 6.07 Å². The zero-order valence-electron chi connectivity index (χ0n) is 17.6. The van der Waals surface area contributed by atoms with Gasteiger partial charge in [-0.05, 0) is 42.7 Å². The third-order valence-electron chi connectivity index (χ3n) is 6.62. The van der Waals surface area contributed by atoms with Gasteiger partial charge in [-0.1, -0.05) is 23.2 Å². The van der Waals surface area contributed by atoms with Crippen LogP contribution in [0, 0.1) is 5.82 Å². The van der Waals surface area contributed by atoms with Gasteiger partial charge in [0.1, 0.15) is 17.7 Å². The molecule has 2 saturated heterocycles. The first kappa shape index (κ1) is 21.8. The second-order valence-corrected chi connectivity index (χ2v) is 9.52. The number of carbonyl (C=O) groups is 1. The van der Waals surface area contributed by atoms with E-state index in [0.717, 1.165) is 0 Å². The second kappa shape index (κ2) is 8.37. The van der Waals surface area contributed by atoms with Crippen LogP contribution >= 0.6 is 23.2 Å². The van der Waals surface area contributed by atoms with Crippen LogP contribution in [0.4, 0.5) is 14.9 Å². The lowest BCUT2D eigenvalue weighted by atomic mass is 10.1. The first-order valence-corrected chi connectivity index (χ1v) is 11.5. The Labute approximate surface area is 196 Å². The Bertz CT molecular complexity index is 1070. The monoisotopic (exact) mass is 479 g/mol. The number of benzene rings is 2. The molecule has 0 radical (unpaired) electrons. The van der Waals surface area contributed by atoms with Crippen LogP contribution in [0.2, 0.25) is 10.0 Å². The van der Waals surface area contributed by atoms with Gasteiger partial charge in [0.05, 0.1) is 17.2 Å². The minimum absolute atomic E-state index is 0.0812. The molecule has 170 valence electrons. The molecule has 1 aliphatic carbocycles. The summed E-state index contributed by atoms with van der Waals surface area (Å²) >= 11 is 12.6. The van der Waals surface area contributed by atoms with Gasteiger partial charge in [-0.15, -0.1) is 0 Å². The molecule has 9 heteroatoms. The smallest absolute Gasteiger partial charge is 0.324 e. The first-order chi connectivity index (χ1) is 15.3. The minimum Gasteiger partial charge on any atom is -0.482 e. The number of nitrogens with zero attached hydrogens (tertiary/aromatic N) is 3. The Morgan fingerprint density at radius 1 is 1.16 bits per heavy atom. The lowest BCUT2D eigenvalue weighted by molar-refractivity contribution is 0.0819. The van der Waals surface area contributed by atoms with Crippen molar-refractivity contribution in [3.8, 4) is 5.75 Å². The molecular weight excluding hydrogens is 456 g/mol. The first-order valence-electron chi connectivity index (χ1n) is 10.7. The molecule has 5 rings (SSSR count). The molecule has 2 aromatic carbocycles. The van der Waals surface area contributed by atoms with Gasteiger partial charge < -0.3 is 14.7 Å². The summed E-state index contributed by atoms with van der Waals surface area (Å²) in [6.45, 7) is 2.44. The number of fused-ring (bicyclic) bond motifs is 1. The zero-order chi connectivity index (χ0) is 22.6. The van der Waals surface area contributed by atoms with Crippen LogP contribution in [0.5, 0.6) is 5.75 Å². The number of aliphatic hydroxyl groups is 1. The van der Waals surface area contributed by atoms with Gasteiger partial charge in [0.25, 0.3) is 0 Å². The maximum Gasteiger partial charge on any atom is 0.324 e. The molecule has 0 unspecified atom stereocenters. The molecule has 3 atom stereocenters. The van der Waals surface area contributed by atoms with E-state index in [-0.39, 0.29) is 17.9 Å². The van der Waals surface area contributed by atoms with Crippen molar-refractivity contribution >= 4 is 34.9 Å². The summed E-state index contributed by atoms with van der Waals surface area (Å²) in [4.78, 5) is 17.9. The number of hydrogen-bond acceptors (Lipinski definition) is 4. The summed E-state index contributed by atoms with van der Waals surface area (Å²) in [7, 11) is 1.76. The van der Waals surface area contributed by atoms with E-state index in [1.807, 2.05) is 0 Å². The van der Waals surface area contributed by atoms with E-state index in [2.05, 4.69) is 4.90 Å². The molecule has 2 heterocycles. The number of aliphatic hydroxyl groups excluding tert-OH is 1. The van der Waals surface area contributed by atoms with Crippen LogP contribution in [-0.4, -0.2) is 66.3 Å². The fourth-order valence-corrected chi connectivity index (χ4v) is 5.30. The number of ether oxygens (including phenoxy) is 1. The highest BCUT2D eigenvalue weighted by molar-refractivity contribution is 6.32. The van der Waals surface area contributed by atoms with Crippen LogP contribution in [-0.2, 0) is 6.42 Å². The van der Waals surface area contributed by atoms with Gasteiger partial charge in [-0.3, -0.25) is 9.80 Å². The van der Waals surface area contributed by atoms with Crippen molar-refractivity contribution in [1.29, 1.82) is 0 Å². The number of rotatable bonds is 4. The highest BCUT2D eigenvalue weighted by Gasteiger charge is 2.42. The Morgan fingerprint density at radius 2 is 1.97 bits per heavy atom. The molecule has 2 aliphatic heterocycles. The molecule has 2 fully saturated rings. The molecule has 2 amide bonds.